The Morgan fingerprint density at radius 3 is 2.74 bits per heavy atom. The van der Waals surface area contributed by atoms with Gasteiger partial charge in [0.25, 0.3) is 0 Å². The molecule has 5 atom stereocenters. The van der Waals surface area contributed by atoms with Crippen molar-refractivity contribution in [3.05, 3.63) is 11.6 Å². The summed E-state index contributed by atoms with van der Waals surface area (Å²) in [4.78, 5) is 24.0. The number of rotatable bonds is 3. The van der Waals surface area contributed by atoms with E-state index < -0.39 is 27.8 Å². The predicted molar refractivity (Wildman–Crippen MR) is 84.0 cm³/mol. The molecule has 0 aromatic carbocycles. The molecule has 1 heterocycles. The minimum absolute atomic E-state index is 0.0943. The lowest BCUT2D eigenvalue weighted by molar-refractivity contribution is -0.162. The van der Waals surface area contributed by atoms with Gasteiger partial charge >= 0.3 is 11.9 Å². The number of hydrogen-bond acceptors (Lipinski definition) is 5. The fourth-order valence-corrected chi connectivity index (χ4v) is 5.10. The van der Waals surface area contributed by atoms with Crippen LogP contribution in [0.4, 0.5) is 0 Å². The average molecular weight is 343 g/mol. The molecule has 0 spiro atoms. The Bertz CT molecular complexity index is 588. The number of carbonyl (C=O) groups excluding carboxylic acids is 2. The summed E-state index contributed by atoms with van der Waals surface area (Å²) in [5.41, 5.74) is -0.653. The van der Waals surface area contributed by atoms with Crippen LogP contribution in [0.2, 0.25) is 0 Å². The molecule has 0 amide bonds. The number of alkyl halides is 1. The Morgan fingerprint density at radius 2 is 2.13 bits per heavy atom. The van der Waals surface area contributed by atoms with Crippen molar-refractivity contribution >= 4 is 23.5 Å². The molecule has 2 bridgehead atoms. The first-order valence-corrected chi connectivity index (χ1v) is 8.44. The van der Waals surface area contributed by atoms with Gasteiger partial charge in [-0.05, 0) is 31.3 Å². The van der Waals surface area contributed by atoms with E-state index in [4.69, 9.17) is 25.8 Å². The number of methoxy groups -OCH3 is 1. The van der Waals surface area contributed by atoms with Gasteiger partial charge in [-0.25, -0.2) is 0 Å². The molecule has 23 heavy (non-hydrogen) atoms. The van der Waals surface area contributed by atoms with Crippen LogP contribution in [0.1, 0.15) is 33.6 Å². The van der Waals surface area contributed by atoms with E-state index in [2.05, 4.69) is 0 Å². The molecule has 5 nitrogen and oxygen atoms in total. The molecule has 2 fully saturated rings. The van der Waals surface area contributed by atoms with Crippen LogP contribution in [0.5, 0.6) is 0 Å². The van der Waals surface area contributed by atoms with Gasteiger partial charge in [0.2, 0.25) is 0 Å². The summed E-state index contributed by atoms with van der Waals surface area (Å²) in [6.07, 6.45) is 2.60. The Morgan fingerprint density at radius 1 is 1.43 bits per heavy atom. The van der Waals surface area contributed by atoms with Crippen LogP contribution in [-0.4, -0.2) is 43.2 Å². The molecule has 0 aromatic rings. The van der Waals surface area contributed by atoms with Crippen molar-refractivity contribution in [1.29, 1.82) is 0 Å². The molecule has 128 valence electrons. The summed E-state index contributed by atoms with van der Waals surface area (Å²) in [7, 11) is 1.40. The number of carbonyl (C=O) groups is 2. The number of hydrogen-bond donors (Lipinski definition) is 0. The third kappa shape index (κ3) is 1.78. The highest BCUT2D eigenvalue weighted by molar-refractivity contribution is 6.36. The molecule has 1 aliphatic heterocycles. The minimum atomic E-state index is -1.30. The van der Waals surface area contributed by atoms with Crippen LogP contribution >= 0.6 is 11.6 Å². The van der Waals surface area contributed by atoms with Gasteiger partial charge < -0.3 is 14.2 Å². The molecule has 6 heteroatoms. The molecule has 3 aliphatic rings. The first-order valence-electron chi connectivity index (χ1n) is 8.06. The highest BCUT2D eigenvalue weighted by atomic mass is 35.5. The lowest BCUT2D eigenvalue weighted by Crippen LogP contribution is -2.62. The normalized spacial score (nSPS) is 44.5. The molecule has 0 N–H and O–H groups in total. The van der Waals surface area contributed by atoms with Crippen LogP contribution in [0.25, 0.3) is 0 Å². The van der Waals surface area contributed by atoms with Crippen molar-refractivity contribution in [1.82, 2.24) is 0 Å². The summed E-state index contributed by atoms with van der Waals surface area (Å²) >= 11 is 6.84. The molecular formula is C17H23ClO5. The zero-order chi connectivity index (χ0) is 17.0. The topological polar surface area (TPSA) is 61.8 Å². The molecule has 0 radical (unpaired) electrons. The zero-order valence-electron chi connectivity index (χ0n) is 14.0. The van der Waals surface area contributed by atoms with E-state index in [1.807, 2.05) is 19.9 Å². The third-order valence-corrected chi connectivity index (χ3v) is 6.86. The average Bonchev–Trinajstić information content (AvgIpc) is 2.94. The monoisotopic (exact) mass is 342 g/mol. The van der Waals surface area contributed by atoms with E-state index in [9.17, 15) is 9.59 Å². The van der Waals surface area contributed by atoms with E-state index in [0.29, 0.717) is 13.0 Å². The fraction of sp³-hybridized carbons (Fsp3) is 0.765. The highest BCUT2D eigenvalue weighted by Gasteiger charge is 2.75. The number of halogens is 1. The van der Waals surface area contributed by atoms with Crippen LogP contribution < -0.4 is 0 Å². The second-order valence-corrected chi connectivity index (χ2v) is 7.58. The van der Waals surface area contributed by atoms with Crippen LogP contribution in [0.3, 0.4) is 0 Å². The molecule has 1 saturated carbocycles. The Labute approximate surface area is 141 Å². The molecule has 3 rings (SSSR count). The highest BCUT2D eigenvalue weighted by Crippen LogP contribution is 2.68. The fourth-order valence-electron chi connectivity index (χ4n) is 4.75. The standard InChI is InChI=1S/C17H23ClO5/c1-5-22-14(20)17(18)12-8-16(13(19)21-4)10(2)6-7-11(16)15(17,3)9-23-12/h7,10,12H,5-6,8-9H2,1-4H3/t10-,12-,15+,16-,17-/m1/s1. The Kier molecular flexibility index (Phi) is 3.80. The maximum Gasteiger partial charge on any atom is 0.330 e. The van der Waals surface area contributed by atoms with Crippen molar-refractivity contribution in [2.45, 2.75) is 44.6 Å². The van der Waals surface area contributed by atoms with Crippen LogP contribution in [0, 0.1) is 16.7 Å². The predicted octanol–water partition coefficient (Wildman–Crippen LogP) is 2.46. The lowest BCUT2D eigenvalue weighted by Gasteiger charge is -2.51. The van der Waals surface area contributed by atoms with Gasteiger partial charge in [0.05, 0.1) is 31.8 Å². The Balaban J connectivity index is 2.13. The third-order valence-electron chi connectivity index (χ3n) is 6.04. The first kappa shape index (κ1) is 16.8. The second kappa shape index (κ2) is 5.21. The van der Waals surface area contributed by atoms with Gasteiger partial charge in [-0.15, -0.1) is 11.6 Å². The summed E-state index contributed by atoms with van der Waals surface area (Å²) in [5, 5.41) is 0. The maximum absolute atomic E-state index is 12.7. The van der Waals surface area contributed by atoms with Gasteiger partial charge in [0.1, 0.15) is 0 Å². The summed E-state index contributed by atoms with van der Waals surface area (Å²) in [6, 6.07) is 0. The van der Waals surface area contributed by atoms with Crippen LogP contribution in [0.15, 0.2) is 11.6 Å². The van der Waals surface area contributed by atoms with Crippen molar-refractivity contribution in [3.8, 4) is 0 Å². The van der Waals surface area contributed by atoms with Crippen molar-refractivity contribution in [2.75, 3.05) is 20.3 Å². The molecule has 1 saturated heterocycles. The molecular weight excluding hydrogens is 320 g/mol. The largest absolute Gasteiger partial charge is 0.468 e. The lowest BCUT2D eigenvalue weighted by atomic mass is 9.53. The van der Waals surface area contributed by atoms with Gasteiger partial charge in [-0.2, -0.15) is 0 Å². The molecule has 0 unspecified atom stereocenters. The molecule has 0 aromatic heterocycles. The second-order valence-electron chi connectivity index (χ2n) is 6.99. The van der Waals surface area contributed by atoms with Crippen molar-refractivity contribution < 1.29 is 23.8 Å². The Hall–Kier alpha value is -1.07. The van der Waals surface area contributed by atoms with Crippen molar-refractivity contribution in [3.63, 3.8) is 0 Å². The molecule has 2 aliphatic carbocycles. The number of fused-ring (bicyclic) bond motifs is 4. The number of allylic oxidation sites excluding steroid dienone is 1. The summed E-state index contributed by atoms with van der Waals surface area (Å²) in [5.74, 6) is -0.638. The van der Waals surface area contributed by atoms with Gasteiger partial charge in [0, 0.05) is 5.41 Å². The number of ether oxygens (including phenoxy) is 3. The zero-order valence-corrected chi connectivity index (χ0v) is 14.7. The number of esters is 2. The first-order chi connectivity index (χ1) is 10.8. The van der Waals surface area contributed by atoms with E-state index in [1.54, 1.807) is 6.92 Å². The van der Waals surface area contributed by atoms with E-state index in [-0.39, 0.29) is 18.5 Å². The SMILES string of the molecule is CCOC(=O)[C@]1(Cl)[C@H]2C[C@]3(C(=O)OC)C(=CC[C@H]3C)[C@]1(C)CO2. The summed E-state index contributed by atoms with van der Waals surface area (Å²) < 4.78 is 16.2. The van der Waals surface area contributed by atoms with Crippen LogP contribution in [-0.2, 0) is 23.8 Å². The smallest absolute Gasteiger partial charge is 0.330 e. The van der Waals surface area contributed by atoms with E-state index in [0.717, 1.165) is 12.0 Å². The van der Waals surface area contributed by atoms with Gasteiger partial charge in [0.15, 0.2) is 4.87 Å². The van der Waals surface area contributed by atoms with E-state index >= 15 is 0 Å². The minimum Gasteiger partial charge on any atom is -0.468 e. The van der Waals surface area contributed by atoms with Gasteiger partial charge in [-0.3, -0.25) is 9.59 Å². The van der Waals surface area contributed by atoms with Gasteiger partial charge in [-0.1, -0.05) is 19.9 Å². The summed E-state index contributed by atoms with van der Waals surface area (Å²) in [6.45, 7) is 6.25. The quantitative estimate of drug-likeness (QED) is 0.448. The van der Waals surface area contributed by atoms with E-state index in [1.165, 1.54) is 7.11 Å². The maximum atomic E-state index is 12.7. The van der Waals surface area contributed by atoms with Crippen molar-refractivity contribution in [2.24, 2.45) is 16.7 Å².